The van der Waals surface area contributed by atoms with Crippen molar-refractivity contribution in [1.29, 1.82) is 0 Å². The Hall–Kier alpha value is -0.860. The maximum absolute atomic E-state index is 12.6. The summed E-state index contributed by atoms with van der Waals surface area (Å²) in [5.74, 6) is 0.241. The summed E-state index contributed by atoms with van der Waals surface area (Å²) >= 11 is 0. The van der Waals surface area contributed by atoms with Crippen LogP contribution in [0.25, 0.3) is 0 Å². The second kappa shape index (κ2) is 6.06. The van der Waals surface area contributed by atoms with Crippen LogP contribution in [0.3, 0.4) is 0 Å². The van der Waals surface area contributed by atoms with E-state index >= 15 is 0 Å². The molecule has 1 rings (SSSR count). The molecule has 0 heterocycles. The van der Waals surface area contributed by atoms with Crippen molar-refractivity contribution in [3.63, 3.8) is 0 Å². The van der Waals surface area contributed by atoms with Gasteiger partial charge in [-0.25, -0.2) is 0 Å². The molecule has 19 heavy (non-hydrogen) atoms. The third-order valence-electron chi connectivity index (χ3n) is 4.14. The Morgan fingerprint density at radius 3 is 2.05 bits per heavy atom. The van der Waals surface area contributed by atoms with Crippen molar-refractivity contribution in [2.45, 2.75) is 60.3 Å². The fraction of sp³-hybridized carbons (Fsp3) is 0.875. The van der Waals surface area contributed by atoms with Crippen LogP contribution in [0.5, 0.6) is 0 Å². The molecule has 0 aromatic rings. The van der Waals surface area contributed by atoms with Crippen molar-refractivity contribution >= 4 is 11.7 Å². The molecule has 1 amide bonds. The molecule has 0 spiro atoms. The number of primary amides is 1. The molecule has 1 aliphatic carbocycles. The number of Topliss-reactive ketones (excluding diaryl/α,β-unsaturated/α-hetero) is 1. The van der Waals surface area contributed by atoms with Crippen LogP contribution < -0.4 is 5.73 Å². The van der Waals surface area contributed by atoms with Gasteiger partial charge in [-0.3, -0.25) is 9.59 Å². The first-order chi connectivity index (χ1) is 8.64. The van der Waals surface area contributed by atoms with Gasteiger partial charge in [0.05, 0.1) is 0 Å². The van der Waals surface area contributed by atoms with E-state index in [0.29, 0.717) is 0 Å². The summed E-state index contributed by atoms with van der Waals surface area (Å²) < 4.78 is 0. The highest BCUT2D eigenvalue weighted by molar-refractivity contribution is 5.91. The maximum Gasteiger partial charge on any atom is 0.221 e. The van der Waals surface area contributed by atoms with E-state index in [-0.39, 0.29) is 29.4 Å². The summed E-state index contributed by atoms with van der Waals surface area (Å²) in [5.41, 5.74) is 5.16. The largest absolute Gasteiger partial charge is 0.369 e. The van der Waals surface area contributed by atoms with Gasteiger partial charge in [0.2, 0.25) is 5.91 Å². The highest BCUT2D eigenvalue weighted by Crippen LogP contribution is 2.38. The van der Waals surface area contributed by atoms with Crippen LogP contribution in [0.2, 0.25) is 0 Å². The summed E-state index contributed by atoms with van der Waals surface area (Å²) in [5, 5.41) is 0. The zero-order valence-electron chi connectivity index (χ0n) is 13.0. The van der Waals surface area contributed by atoms with Crippen LogP contribution in [0, 0.1) is 29.1 Å². The van der Waals surface area contributed by atoms with Gasteiger partial charge < -0.3 is 5.73 Å². The average molecular weight is 267 g/mol. The number of hydrogen-bond donors (Lipinski definition) is 1. The zero-order valence-corrected chi connectivity index (χ0v) is 13.0. The van der Waals surface area contributed by atoms with E-state index in [2.05, 4.69) is 0 Å². The second-order valence-electron chi connectivity index (χ2n) is 7.41. The fourth-order valence-electron chi connectivity index (χ4n) is 2.77. The highest BCUT2D eigenvalue weighted by Gasteiger charge is 2.39. The van der Waals surface area contributed by atoms with E-state index in [1.54, 1.807) is 0 Å². The Bertz CT molecular complexity index is 337. The predicted octanol–water partition coefficient (Wildman–Crippen LogP) is 3.17. The Balaban J connectivity index is 2.84. The smallest absolute Gasteiger partial charge is 0.221 e. The van der Waals surface area contributed by atoms with Gasteiger partial charge in [0.15, 0.2) is 0 Å². The molecule has 0 bridgehead atoms. The molecule has 0 saturated heterocycles. The van der Waals surface area contributed by atoms with E-state index < -0.39 is 5.41 Å². The van der Waals surface area contributed by atoms with Crippen molar-refractivity contribution < 1.29 is 9.59 Å². The monoisotopic (exact) mass is 267 g/mol. The molecule has 0 aliphatic heterocycles. The van der Waals surface area contributed by atoms with Crippen molar-refractivity contribution in [3.8, 4) is 0 Å². The summed E-state index contributed by atoms with van der Waals surface area (Å²) in [7, 11) is 0. The van der Waals surface area contributed by atoms with Gasteiger partial charge >= 0.3 is 0 Å². The van der Waals surface area contributed by atoms with Gasteiger partial charge in [-0.15, -0.1) is 0 Å². The first kappa shape index (κ1) is 16.2. The second-order valence-corrected chi connectivity index (χ2v) is 7.41. The van der Waals surface area contributed by atoms with E-state index in [4.69, 9.17) is 5.73 Å². The molecule has 110 valence electrons. The normalized spacial score (nSPS) is 19.3. The third kappa shape index (κ3) is 4.63. The van der Waals surface area contributed by atoms with Gasteiger partial charge in [-0.1, -0.05) is 47.5 Å². The van der Waals surface area contributed by atoms with E-state index in [1.165, 1.54) is 12.8 Å². The molecule has 2 atom stereocenters. The number of rotatable bonds is 7. The van der Waals surface area contributed by atoms with Gasteiger partial charge in [0.1, 0.15) is 5.78 Å². The first-order valence-electron chi connectivity index (χ1n) is 7.48. The van der Waals surface area contributed by atoms with Crippen LogP contribution in [0.1, 0.15) is 60.3 Å². The van der Waals surface area contributed by atoms with Crippen LogP contribution in [0.4, 0.5) is 0 Å². The topological polar surface area (TPSA) is 60.2 Å². The summed E-state index contributed by atoms with van der Waals surface area (Å²) in [6.45, 7) is 9.79. The minimum absolute atomic E-state index is 0.156. The lowest BCUT2D eigenvalue weighted by molar-refractivity contribution is -0.139. The number of amides is 1. The predicted molar refractivity (Wildman–Crippen MR) is 77.4 cm³/mol. The molecular formula is C16H29NO2. The number of hydrogen-bond acceptors (Lipinski definition) is 2. The number of carbonyl (C=O) groups excluding carboxylic acids is 2. The maximum atomic E-state index is 12.6. The Kier molecular flexibility index (Phi) is 5.17. The minimum Gasteiger partial charge on any atom is -0.369 e. The molecule has 1 fully saturated rings. The molecule has 0 radical (unpaired) electrons. The molecule has 0 unspecified atom stereocenters. The molecule has 1 aliphatic rings. The highest BCUT2D eigenvalue weighted by atomic mass is 16.1. The number of ketones is 1. The lowest BCUT2D eigenvalue weighted by Gasteiger charge is -2.32. The van der Waals surface area contributed by atoms with Crippen molar-refractivity contribution in [2.75, 3.05) is 0 Å². The van der Waals surface area contributed by atoms with Crippen LogP contribution in [-0.2, 0) is 9.59 Å². The average Bonchev–Trinajstić information content (AvgIpc) is 3.04. The van der Waals surface area contributed by atoms with Crippen molar-refractivity contribution in [2.24, 2.45) is 34.8 Å². The molecule has 1 saturated carbocycles. The first-order valence-corrected chi connectivity index (χ1v) is 7.48. The number of carbonyl (C=O) groups is 2. The Labute approximate surface area is 117 Å². The van der Waals surface area contributed by atoms with E-state index in [9.17, 15) is 9.59 Å². The van der Waals surface area contributed by atoms with Gasteiger partial charge in [-0.2, -0.15) is 0 Å². The van der Waals surface area contributed by atoms with Crippen LogP contribution in [0.15, 0.2) is 0 Å². The standard InChI is InChI=1S/C16H29NO2/c1-10(2)13(14(18)16(3,4)5)12(15(17)19)9-8-11-6-7-11/h10-13H,6-9H2,1-5H3,(H2,17,19)/t12-,13+/m0/s1. The SMILES string of the molecule is CC(C)[C@@H](C(=O)C(C)(C)C)[C@H](CCC1CC1)C(N)=O. The quantitative estimate of drug-likeness (QED) is 0.770. The Morgan fingerprint density at radius 1 is 1.21 bits per heavy atom. The molecule has 3 heteroatoms. The molecular weight excluding hydrogens is 238 g/mol. The molecule has 2 N–H and O–H groups in total. The van der Waals surface area contributed by atoms with Gasteiger partial charge in [0, 0.05) is 17.3 Å². The molecule has 0 aromatic carbocycles. The lowest BCUT2D eigenvalue weighted by atomic mass is 9.70. The lowest BCUT2D eigenvalue weighted by Crippen LogP contribution is -2.42. The van der Waals surface area contributed by atoms with E-state index in [0.717, 1.165) is 18.8 Å². The fourth-order valence-corrected chi connectivity index (χ4v) is 2.77. The summed E-state index contributed by atoms with van der Waals surface area (Å²) in [6.07, 6.45) is 4.34. The summed E-state index contributed by atoms with van der Waals surface area (Å²) in [4.78, 5) is 24.4. The minimum atomic E-state index is -0.414. The van der Waals surface area contributed by atoms with Gasteiger partial charge in [0.25, 0.3) is 0 Å². The molecule has 3 nitrogen and oxygen atoms in total. The van der Waals surface area contributed by atoms with Gasteiger partial charge in [-0.05, 0) is 24.7 Å². The van der Waals surface area contributed by atoms with Crippen molar-refractivity contribution in [1.82, 2.24) is 0 Å². The Morgan fingerprint density at radius 2 is 1.74 bits per heavy atom. The third-order valence-corrected chi connectivity index (χ3v) is 4.14. The van der Waals surface area contributed by atoms with E-state index in [1.807, 2.05) is 34.6 Å². The number of nitrogens with two attached hydrogens (primary N) is 1. The summed E-state index contributed by atoms with van der Waals surface area (Å²) in [6, 6.07) is 0. The van der Waals surface area contributed by atoms with Crippen LogP contribution in [-0.4, -0.2) is 11.7 Å². The zero-order chi connectivity index (χ0) is 14.8. The van der Waals surface area contributed by atoms with Crippen molar-refractivity contribution in [3.05, 3.63) is 0 Å². The molecule has 0 aromatic heterocycles. The van der Waals surface area contributed by atoms with Crippen LogP contribution >= 0.6 is 0 Å².